The Kier molecular flexibility index (Phi) is 5.87. The lowest BCUT2D eigenvalue weighted by atomic mass is 10.00. The molecule has 1 aromatic heterocycles. The van der Waals surface area contributed by atoms with Crippen LogP contribution in [0.1, 0.15) is 32.3 Å². The quantitative estimate of drug-likeness (QED) is 0.826. The molecule has 0 aliphatic carbocycles. The maximum atomic E-state index is 6.53. The van der Waals surface area contributed by atoms with E-state index < -0.39 is 0 Å². The van der Waals surface area contributed by atoms with Crippen LogP contribution in [0.4, 0.5) is 0 Å². The van der Waals surface area contributed by atoms with Crippen LogP contribution < -0.4 is 0 Å². The highest BCUT2D eigenvalue weighted by Gasteiger charge is 2.43. The van der Waals surface area contributed by atoms with Crippen molar-refractivity contribution in [2.24, 2.45) is 0 Å². The molecule has 3 heterocycles. The van der Waals surface area contributed by atoms with Crippen LogP contribution in [-0.4, -0.2) is 72.4 Å². The first-order valence-corrected chi connectivity index (χ1v) is 9.13. The van der Waals surface area contributed by atoms with Crippen molar-refractivity contribution >= 4 is 0 Å². The third-order valence-electron chi connectivity index (χ3n) is 5.27. The lowest BCUT2D eigenvalue weighted by molar-refractivity contribution is -0.0924. The van der Waals surface area contributed by atoms with Gasteiger partial charge in [-0.25, -0.2) is 0 Å². The van der Waals surface area contributed by atoms with E-state index in [4.69, 9.17) is 9.47 Å². The molecule has 0 amide bonds. The summed E-state index contributed by atoms with van der Waals surface area (Å²) in [6.07, 6.45) is 6.31. The average Bonchev–Trinajstić information content (AvgIpc) is 2.83. The zero-order valence-corrected chi connectivity index (χ0v) is 15.3. The van der Waals surface area contributed by atoms with Gasteiger partial charge in [-0.15, -0.1) is 0 Å². The first kappa shape index (κ1) is 17.8. The van der Waals surface area contributed by atoms with Crippen molar-refractivity contribution < 1.29 is 9.47 Å². The van der Waals surface area contributed by atoms with E-state index >= 15 is 0 Å². The van der Waals surface area contributed by atoms with Gasteiger partial charge in [0, 0.05) is 44.6 Å². The second kappa shape index (κ2) is 7.91. The van der Waals surface area contributed by atoms with Crippen molar-refractivity contribution in [1.82, 2.24) is 14.8 Å². The second-order valence-electron chi connectivity index (χ2n) is 7.62. The van der Waals surface area contributed by atoms with E-state index in [0.29, 0.717) is 12.1 Å². The number of likely N-dealkylation sites (N-methyl/N-ethyl adjacent to an activating group) is 1. The third kappa shape index (κ3) is 4.54. The lowest BCUT2D eigenvalue weighted by Crippen LogP contribution is -2.45. The van der Waals surface area contributed by atoms with Gasteiger partial charge in [-0.1, -0.05) is 6.07 Å². The first-order chi connectivity index (χ1) is 11.6. The van der Waals surface area contributed by atoms with Gasteiger partial charge in [-0.3, -0.25) is 9.88 Å². The van der Waals surface area contributed by atoms with E-state index in [2.05, 4.69) is 41.7 Å². The fraction of sp³-hybridized carbons (Fsp3) is 0.737. The van der Waals surface area contributed by atoms with E-state index in [1.54, 1.807) is 0 Å². The van der Waals surface area contributed by atoms with Crippen molar-refractivity contribution in [3.8, 4) is 0 Å². The Hall–Kier alpha value is -1.01. The fourth-order valence-electron chi connectivity index (χ4n) is 3.65. The summed E-state index contributed by atoms with van der Waals surface area (Å²) in [6, 6.07) is 4.70. The third-order valence-corrected chi connectivity index (χ3v) is 5.27. The fourth-order valence-corrected chi connectivity index (χ4v) is 3.65. The molecule has 3 rings (SSSR count). The number of ether oxygens (including phenoxy) is 2. The van der Waals surface area contributed by atoms with Gasteiger partial charge in [0.25, 0.3) is 0 Å². The summed E-state index contributed by atoms with van der Waals surface area (Å²) < 4.78 is 12.4. The standard InChI is InChI=1S/C19H31N3O2/c1-16(2)21(3)13-18-6-7-19(24-18)14-22(9-10-23-15-19)12-17-5-4-8-20-11-17/h4-5,8,11,16,18H,6-7,9-10,12-15H2,1-3H3. The maximum absolute atomic E-state index is 6.53. The van der Waals surface area contributed by atoms with Gasteiger partial charge in [0.2, 0.25) is 0 Å². The molecule has 2 saturated heterocycles. The molecule has 2 unspecified atom stereocenters. The van der Waals surface area contributed by atoms with Gasteiger partial charge in [0.1, 0.15) is 5.60 Å². The molecule has 5 heteroatoms. The molecule has 2 aliphatic rings. The van der Waals surface area contributed by atoms with Gasteiger partial charge >= 0.3 is 0 Å². The Bertz CT molecular complexity index is 511. The summed E-state index contributed by atoms with van der Waals surface area (Å²) in [5.41, 5.74) is 1.12. The minimum absolute atomic E-state index is 0.138. The molecule has 2 aliphatic heterocycles. The van der Waals surface area contributed by atoms with Crippen LogP contribution in [0.2, 0.25) is 0 Å². The van der Waals surface area contributed by atoms with Gasteiger partial charge in [-0.2, -0.15) is 0 Å². The number of aromatic nitrogens is 1. The minimum Gasteiger partial charge on any atom is -0.377 e. The zero-order chi connectivity index (χ0) is 17.0. The number of pyridine rings is 1. The van der Waals surface area contributed by atoms with Crippen molar-refractivity contribution in [2.45, 2.75) is 51.0 Å². The highest BCUT2D eigenvalue weighted by atomic mass is 16.6. The smallest absolute Gasteiger partial charge is 0.105 e. The SMILES string of the molecule is CC(C)N(C)CC1CCC2(COCCN(Cc3cccnc3)C2)O1. The van der Waals surface area contributed by atoms with Gasteiger partial charge < -0.3 is 14.4 Å². The first-order valence-electron chi connectivity index (χ1n) is 9.13. The molecule has 0 N–H and O–H groups in total. The minimum atomic E-state index is -0.138. The summed E-state index contributed by atoms with van der Waals surface area (Å²) >= 11 is 0. The van der Waals surface area contributed by atoms with Gasteiger partial charge in [-0.05, 0) is 45.4 Å². The highest BCUT2D eigenvalue weighted by molar-refractivity contribution is 5.08. The van der Waals surface area contributed by atoms with Crippen LogP contribution in [0.25, 0.3) is 0 Å². The molecule has 134 valence electrons. The maximum Gasteiger partial charge on any atom is 0.105 e. The van der Waals surface area contributed by atoms with Crippen LogP contribution >= 0.6 is 0 Å². The molecule has 2 fully saturated rings. The molecule has 24 heavy (non-hydrogen) atoms. The van der Waals surface area contributed by atoms with Crippen molar-refractivity contribution in [3.63, 3.8) is 0 Å². The summed E-state index contributed by atoms with van der Waals surface area (Å²) in [4.78, 5) is 9.06. The molecule has 0 aromatic carbocycles. The lowest BCUT2D eigenvalue weighted by Gasteiger charge is -2.33. The van der Waals surface area contributed by atoms with Crippen molar-refractivity contribution in [2.75, 3.05) is 39.9 Å². The Balaban J connectivity index is 1.60. The number of hydrogen-bond acceptors (Lipinski definition) is 5. The molecule has 5 nitrogen and oxygen atoms in total. The Morgan fingerprint density at radius 3 is 3.08 bits per heavy atom. The molecular formula is C19H31N3O2. The monoisotopic (exact) mass is 333 g/mol. The molecule has 0 saturated carbocycles. The molecule has 1 aromatic rings. The number of nitrogens with zero attached hydrogens (tertiary/aromatic N) is 3. The highest BCUT2D eigenvalue weighted by Crippen LogP contribution is 2.33. The average molecular weight is 333 g/mol. The molecule has 1 spiro atoms. The van der Waals surface area contributed by atoms with E-state index in [1.807, 2.05) is 18.5 Å². The van der Waals surface area contributed by atoms with Crippen LogP contribution in [0.5, 0.6) is 0 Å². The Labute approximate surface area is 145 Å². The molecule has 0 bridgehead atoms. The molecule has 2 atom stereocenters. The van der Waals surface area contributed by atoms with E-state index in [9.17, 15) is 0 Å². The Morgan fingerprint density at radius 2 is 2.33 bits per heavy atom. The zero-order valence-electron chi connectivity index (χ0n) is 15.3. The van der Waals surface area contributed by atoms with Crippen LogP contribution in [0, 0.1) is 0 Å². The summed E-state index contributed by atoms with van der Waals surface area (Å²) in [5.74, 6) is 0. The largest absolute Gasteiger partial charge is 0.377 e. The predicted molar refractivity (Wildman–Crippen MR) is 94.9 cm³/mol. The predicted octanol–water partition coefficient (Wildman–Crippen LogP) is 2.17. The van der Waals surface area contributed by atoms with Crippen molar-refractivity contribution in [3.05, 3.63) is 30.1 Å². The Morgan fingerprint density at radius 1 is 1.46 bits per heavy atom. The van der Waals surface area contributed by atoms with Crippen LogP contribution in [0.15, 0.2) is 24.5 Å². The van der Waals surface area contributed by atoms with E-state index in [-0.39, 0.29) is 5.60 Å². The topological polar surface area (TPSA) is 37.8 Å². The second-order valence-corrected chi connectivity index (χ2v) is 7.62. The molecular weight excluding hydrogens is 302 g/mol. The van der Waals surface area contributed by atoms with Gasteiger partial charge in [0.15, 0.2) is 0 Å². The van der Waals surface area contributed by atoms with E-state index in [1.165, 1.54) is 5.56 Å². The summed E-state index contributed by atoms with van der Waals surface area (Å²) in [6.45, 7) is 9.78. The molecule has 0 radical (unpaired) electrons. The van der Waals surface area contributed by atoms with Crippen LogP contribution in [-0.2, 0) is 16.0 Å². The van der Waals surface area contributed by atoms with Gasteiger partial charge in [0.05, 0.1) is 19.3 Å². The van der Waals surface area contributed by atoms with Crippen LogP contribution in [0.3, 0.4) is 0 Å². The number of hydrogen-bond donors (Lipinski definition) is 0. The van der Waals surface area contributed by atoms with Crippen molar-refractivity contribution in [1.29, 1.82) is 0 Å². The normalized spacial score (nSPS) is 28.8. The van der Waals surface area contributed by atoms with E-state index in [0.717, 1.165) is 52.2 Å². The summed E-state index contributed by atoms with van der Waals surface area (Å²) in [5, 5.41) is 0. The number of rotatable bonds is 5. The summed E-state index contributed by atoms with van der Waals surface area (Å²) in [7, 11) is 2.18.